The third-order valence-corrected chi connectivity index (χ3v) is 0.933. The average molecular weight is 416 g/mol. The summed E-state index contributed by atoms with van der Waals surface area (Å²) in [5.74, 6) is 0.181. The van der Waals surface area contributed by atoms with Crippen LogP contribution in [0, 0.1) is 43.5 Å². The first-order valence-corrected chi connectivity index (χ1v) is 4.87. The Hall–Kier alpha value is 1.00. The molecule has 0 aliphatic carbocycles. The summed E-state index contributed by atoms with van der Waals surface area (Å²) in [6.45, 7) is 12.1. The van der Waals surface area contributed by atoms with Gasteiger partial charge in [0, 0.05) is 0 Å². The van der Waals surface area contributed by atoms with Crippen molar-refractivity contribution in [3.05, 3.63) is 6.92 Å². The SMILES string of the molecule is CC(C)(C)C.[CH2-]CC[S-](=O)=O.[U+2]. The summed E-state index contributed by atoms with van der Waals surface area (Å²) < 4.78 is 19.1. The van der Waals surface area contributed by atoms with Crippen LogP contribution >= 0.6 is 0 Å². The summed E-state index contributed by atoms with van der Waals surface area (Å²) in [6.07, 6.45) is 0.468. The van der Waals surface area contributed by atoms with Crippen molar-refractivity contribution < 1.29 is 39.5 Å². The van der Waals surface area contributed by atoms with Crippen molar-refractivity contribution in [1.82, 2.24) is 0 Å². The summed E-state index contributed by atoms with van der Waals surface area (Å²) >= 11 is 0. The fraction of sp³-hybridized carbons (Fsp3) is 0.875. The molecule has 0 saturated heterocycles. The van der Waals surface area contributed by atoms with Gasteiger partial charge in [-0.15, -0.1) is 0 Å². The summed E-state index contributed by atoms with van der Waals surface area (Å²) in [6, 6.07) is 0. The van der Waals surface area contributed by atoms with Gasteiger partial charge in [0.15, 0.2) is 0 Å². The molecule has 0 aromatic carbocycles. The Morgan fingerprint density at radius 1 is 1.17 bits per heavy atom. The predicted octanol–water partition coefficient (Wildman–Crippen LogP) is 2.57. The minimum absolute atomic E-state index is 0. The quantitative estimate of drug-likeness (QED) is 0.512. The molecule has 2 nitrogen and oxygen atoms in total. The number of rotatable bonds is 2. The van der Waals surface area contributed by atoms with Crippen LogP contribution in [0.25, 0.3) is 0 Å². The largest absolute Gasteiger partial charge is 2.00 e. The average Bonchev–Trinajstić information content (AvgIpc) is 1.58. The van der Waals surface area contributed by atoms with Gasteiger partial charge in [0.2, 0.25) is 0 Å². The van der Waals surface area contributed by atoms with Gasteiger partial charge >= 0.3 is 31.1 Å². The Kier molecular flexibility index (Phi) is 15.7. The molecule has 0 saturated carbocycles. The molecule has 0 fully saturated rings. The zero-order valence-electron chi connectivity index (χ0n) is 8.35. The fourth-order valence-corrected chi connectivity index (χ4v) is 0.354. The standard InChI is InChI=1S/C5H12.C3H6O2S.U/c1-5(2,3)4;1-2-3-6(4)5;/h1-4H3;1-3H2;/q;-2;+2. The molecule has 4 heteroatoms. The molecule has 0 aliphatic heterocycles. The van der Waals surface area contributed by atoms with E-state index in [1.165, 1.54) is 0 Å². The third-order valence-electron chi connectivity index (χ3n) is 0.311. The van der Waals surface area contributed by atoms with Gasteiger partial charge in [-0.3, -0.25) is 0 Å². The minimum atomic E-state index is -1.88. The van der Waals surface area contributed by atoms with Crippen LogP contribution in [0.2, 0.25) is 0 Å². The molecule has 0 aromatic rings. The van der Waals surface area contributed by atoms with Gasteiger partial charge in [0.05, 0.1) is 0 Å². The summed E-state index contributed by atoms with van der Waals surface area (Å²) in [7, 11) is -1.88. The molecule has 0 amide bonds. The molecule has 0 spiro atoms. The molecule has 0 atom stereocenters. The van der Waals surface area contributed by atoms with Crippen LogP contribution in [0.1, 0.15) is 34.1 Å². The smallest absolute Gasteiger partial charge is 0.424 e. The van der Waals surface area contributed by atoms with Gasteiger partial charge in [0.25, 0.3) is 0 Å². The Balaban J connectivity index is -0.000000126. The van der Waals surface area contributed by atoms with E-state index in [0.29, 0.717) is 11.8 Å². The van der Waals surface area contributed by atoms with Crippen LogP contribution in [0.4, 0.5) is 0 Å². The molecular weight excluding hydrogens is 398 g/mol. The molecule has 0 bridgehead atoms. The van der Waals surface area contributed by atoms with E-state index in [1.807, 2.05) is 0 Å². The van der Waals surface area contributed by atoms with Gasteiger partial charge < -0.3 is 15.3 Å². The van der Waals surface area contributed by atoms with E-state index in [2.05, 4.69) is 34.6 Å². The Bertz CT molecular complexity index is 134. The monoisotopic (exact) mass is 416 g/mol. The first-order chi connectivity index (χ1) is 4.77. The van der Waals surface area contributed by atoms with Crippen LogP contribution < -0.4 is 0 Å². The van der Waals surface area contributed by atoms with Crippen LogP contribution in [-0.2, 0) is 19.1 Å². The molecule has 72 valence electrons. The summed E-state index contributed by atoms with van der Waals surface area (Å²) in [5, 5.41) is 0. The zero-order chi connectivity index (χ0) is 9.49. The molecular formula is C8H18O2SU. The molecule has 0 aromatic heterocycles. The Labute approximate surface area is 102 Å². The normalized spacial score (nSPS) is 9.83. The van der Waals surface area contributed by atoms with Crippen molar-refractivity contribution in [1.29, 1.82) is 0 Å². The zero-order valence-corrected chi connectivity index (χ0v) is 13.3. The number of hydrogen-bond donors (Lipinski definition) is 0. The predicted molar refractivity (Wildman–Crippen MR) is 48.7 cm³/mol. The Morgan fingerprint density at radius 2 is 1.42 bits per heavy atom. The second-order valence-electron chi connectivity index (χ2n) is 3.86. The van der Waals surface area contributed by atoms with E-state index < -0.39 is 10.7 Å². The maximum atomic E-state index is 9.56. The summed E-state index contributed by atoms with van der Waals surface area (Å²) in [4.78, 5) is 0. The fourth-order valence-electron chi connectivity index (χ4n) is 0.118. The van der Waals surface area contributed by atoms with E-state index in [4.69, 9.17) is 0 Å². The minimum Gasteiger partial charge on any atom is -0.424 e. The Morgan fingerprint density at radius 3 is 1.42 bits per heavy atom. The van der Waals surface area contributed by atoms with Crippen molar-refractivity contribution in [2.45, 2.75) is 34.1 Å². The molecule has 0 unspecified atom stereocenters. The van der Waals surface area contributed by atoms with Crippen molar-refractivity contribution in [2.24, 2.45) is 5.41 Å². The van der Waals surface area contributed by atoms with E-state index in [9.17, 15) is 8.42 Å². The topological polar surface area (TPSA) is 34.1 Å². The molecule has 0 aliphatic rings. The van der Waals surface area contributed by atoms with Crippen LogP contribution in [0.15, 0.2) is 0 Å². The van der Waals surface area contributed by atoms with Crippen LogP contribution in [0.3, 0.4) is 0 Å². The summed E-state index contributed by atoms with van der Waals surface area (Å²) in [5.41, 5.74) is 0.500. The van der Waals surface area contributed by atoms with E-state index in [1.54, 1.807) is 0 Å². The van der Waals surface area contributed by atoms with Gasteiger partial charge in [0.1, 0.15) is 0 Å². The molecule has 0 heterocycles. The molecule has 0 rings (SSSR count). The third kappa shape index (κ3) is 68.7. The van der Waals surface area contributed by atoms with Gasteiger partial charge in [-0.1, -0.05) is 44.2 Å². The van der Waals surface area contributed by atoms with Crippen molar-refractivity contribution >= 4 is 10.7 Å². The first kappa shape index (κ1) is 18.7. The van der Waals surface area contributed by atoms with Crippen LogP contribution in [-0.4, -0.2) is 5.75 Å². The van der Waals surface area contributed by atoms with Gasteiger partial charge in [-0.05, 0) is 5.41 Å². The molecule has 12 heavy (non-hydrogen) atoms. The van der Waals surface area contributed by atoms with Gasteiger partial charge in [-0.25, -0.2) is 0 Å². The van der Waals surface area contributed by atoms with Crippen molar-refractivity contribution in [3.63, 3.8) is 0 Å². The second-order valence-corrected chi connectivity index (χ2v) is 4.88. The maximum absolute atomic E-state index is 9.56. The van der Waals surface area contributed by atoms with Gasteiger partial charge in [-0.2, -0.15) is 6.42 Å². The van der Waals surface area contributed by atoms with Crippen molar-refractivity contribution in [3.8, 4) is 0 Å². The van der Waals surface area contributed by atoms with Crippen LogP contribution in [0.5, 0.6) is 0 Å². The van der Waals surface area contributed by atoms with E-state index in [0.717, 1.165) is 0 Å². The number of hydrogen-bond acceptors (Lipinski definition) is 3. The molecule has 0 N–H and O–H groups in total. The van der Waals surface area contributed by atoms with Crippen molar-refractivity contribution in [2.75, 3.05) is 5.75 Å². The maximum Gasteiger partial charge on any atom is 2.00 e. The first-order valence-electron chi connectivity index (χ1n) is 3.62. The van der Waals surface area contributed by atoms with E-state index >= 15 is 0 Å². The second kappa shape index (κ2) is 10.1. The molecule has 0 radical (unpaired) electrons. The van der Waals surface area contributed by atoms with E-state index in [-0.39, 0.29) is 36.9 Å².